The molecule has 0 aliphatic carbocycles. The summed E-state index contributed by atoms with van der Waals surface area (Å²) in [4.78, 5) is 8.14. The zero-order chi connectivity index (χ0) is 12.1. The molecular weight excluding hydrogens is 216 g/mol. The lowest BCUT2D eigenvalue weighted by Crippen LogP contribution is -1.98. The number of anilines is 3. The number of nitrogens with zero attached hydrogens (tertiary/aromatic N) is 2. The van der Waals surface area contributed by atoms with Crippen LogP contribution in [-0.2, 0) is 11.3 Å². The monoisotopic (exact) mass is 230 g/mol. The number of rotatable bonds is 4. The van der Waals surface area contributed by atoms with Gasteiger partial charge in [0.1, 0.15) is 0 Å². The zero-order valence-corrected chi connectivity index (χ0v) is 9.55. The van der Waals surface area contributed by atoms with Gasteiger partial charge in [-0.25, -0.2) is 9.97 Å². The molecule has 1 heterocycles. The van der Waals surface area contributed by atoms with E-state index < -0.39 is 0 Å². The van der Waals surface area contributed by atoms with Crippen LogP contribution < -0.4 is 11.1 Å². The molecule has 5 nitrogen and oxygen atoms in total. The normalized spacial score (nSPS) is 10.2. The lowest BCUT2D eigenvalue weighted by atomic mass is 10.2. The van der Waals surface area contributed by atoms with Gasteiger partial charge in [0, 0.05) is 12.8 Å². The van der Waals surface area contributed by atoms with Crippen LogP contribution in [-0.4, -0.2) is 17.1 Å². The molecule has 0 atom stereocenters. The Morgan fingerprint density at radius 3 is 2.76 bits per heavy atom. The number of aromatic nitrogens is 2. The molecule has 0 radical (unpaired) electrons. The highest BCUT2D eigenvalue weighted by Gasteiger charge is 1.98. The fourth-order valence-electron chi connectivity index (χ4n) is 1.44. The summed E-state index contributed by atoms with van der Waals surface area (Å²) in [6.07, 6.45) is 3.13. The summed E-state index contributed by atoms with van der Waals surface area (Å²) in [5.41, 5.74) is 8.07. The molecule has 0 unspecified atom stereocenters. The number of nitrogens with two attached hydrogens (primary N) is 1. The molecule has 0 bridgehead atoms. The number of nitrogens with one attached hydrogen (secondary N) is 1. The van der Waals surface area contributed by atoms with Crippen LogP contribution in [0, 0.1) is 0 Å². The van der Waals surface area contributed by atoms with Gasteiger partial charge in [-0.15, -0.1) is 0 Å². The predicted octanol–water partition coefficient (Wildman–Crippen LogP) is 1.95. The summed E-state index contributed by atoms with van der Waals surface area (Å²) in [5.74, 6) is 0.522. The van der Waals surface area contributed by atoms with Gasteiger partial charge < -0.3 is 15.8 Å². The molecule has 1 aromatic heterocycles. The van der Waals surface area contributed by atoms with Gasteiger partial charge >= 0.3 is 0 Å². The van der Waals surface area contributed by atoms with Gasteiger partial charge in [-0.3, -0.25) is 0 Å². The second-order valence-corrected chi connectivity index (χ2v) is 3.60. The van der Waals surface area contributed by atoms with E-state index in [2.05, 4.69) is 15.3 Å². The molecule has 5 heteroatoms. The summed E-state index contributed by atoms with van der Waals surface area (Å²) in [6.45, 7) is 0.581. The molecule has 0 aliphatic heterocycles. The van der Waals surface area contributed by atoms with Gasteiger partial charge in [0.15, 0.2) is 0 Å². The van der Waals surface area contributed by atoms with E-state index in [1.165, 1.54) is 0 Å². The largest absolute Gasteiger partial charge is 0.396 e. The van der Waals surface area contributed by atoms with Gasteiger partial charge in [-0.1, -0.05) is 12.1 Å². The molecule has 3 N–H and O–H groups in total. The minimum atomic E-state index is 0.522. The maximum Gasteiger partial charge on any atom is 0.227 e. The first kappa shape index (κ1) is 11.3. The van der Waals surface area contributed by atoms with Crippen LogP contribution >= 0.6 is 0 Å². The Bertz CT molecular complexity index is 484. The zero-order valence-electron chi connectivity index (χ0n) is 9.55. The fourth-order valence-corrected chi connectivity index (χ4v) is 1.44. The first-order valence-electron chi connectivity index (χ1n) is 5.20. The number of hydrogen-bond donors (Lipinski definition) is 2. The van der Waals surface area contributed by atoms with Gasteiger partial charge in [-0.05, 0) is 17.7 Å². The third kappa shape index (κ3) is 3.15. The molecule has 2 rings (SSSR count). The van der Waals surface area contributed by atoms with Crippen molar-refractivity contribution >= 4 is 17.3 Å². The van der Waals surface area contributed by atoms with Gasteiger partial charge in [0.2, 0.25) is 5.95 Å². The quantitative estimate of drug-likeness (QED) is 0.839. The Balaban J connectivity index is 2.12. The predicted molar refractivity (Wildman–Crippen MR) is 66.9 cm³/mol. The third-order valence-electron chi connectivity index (χ3n) is 2.17. The van der Waals surface area contributed by atoms with Crippen molar-refractivity contribution in [2.75, 3.05) is 18.2 Å². The van der Waals surface area contributed by atoms with Crippen molar-refractivity contribution in [3.63, 3.8) is 0 Å². The van der Waals surface area contributed by atoms with Crippen molar-refractivity contribution in [3.8, 4) is 0 Å². The number of ether oxygens (including phenoxy) is 1. The lowest BCUT2D eigenvalue weighted by Gasteiger charge is -2.06. The van der Waals surface area contributed by atoms with Crippen molar-refractivity contribution in [1.29, 1.82) is 0 Å². The lowest BCUT2D eigenvalue weighted by molar-refractivity contribution is 0.185. The Morgan fingerprint density at radius 2 is 2.06 bits per heavy atom. The molecule has 2 aromatic rings. The number of benzene rings is 1. The van der Waals surface area contributed by atoms with E-state index >= 15 is 0 Å². The standard InChI is InChI=1S/C12H14N4O/c1-17-8-9-3-2-4-11(5-9)16-12-14-6-10(13)7-15-12/h2-7H,8,13H2,1H3,(H,14,15,16). The van der Waals surface area contributed by atoms with Crippen molar-refractivity contribution in [1.82, 2.24) is 9.97 Å². The molecule has 1 aromatic carbocycles. The first-order valence-corrected chi connectivity index (χ1v) is 5.20. The maximum absolute atomic E-state index is 5.51. The van der Waals surface area contributed by atoms with Gasteiger partial charge in [0.05, 0.1) is 24.7 Å². The molecular formula is C12H14N4O. The number of methoxy groups -OCH3 is 1. The molecule has 0 saturated heterocycles. The fraction of sp³-hybridized carbons (Fsp3) is 0.167. The number of nitrogen functional groups attached to an aromatic ring is 1. The molecule has 0 fully saturated rings. The second-order valence-electron chi connectivity index (χ2n) is 3.60. The maximum atomic E-state index is 5.51. The van der Waals surface area contributed by atoms with E-state index in [-0.39, 0.29) is 0 Å². The van der Waals surface area contributed by atoms with Crippen LogP contribution in [0.15, 0.2) is 36.7 Å². The first-order chi connectivity index (χ1) is 8.28. The van der Waals surface area contributed by atoms with E-state index in [0.29, 0.717) is 18.2 Å². The highest BCUT2D eigenvalue weighted by Crippen LogP contribution is 2.15. The van der Waals surface area contributed by atoms with Crippen molar-refractivity contribution < 1.29 is 4.74 Å². The van der Waals surface area contributed by atoms with Crippen LogP contribution in [0.5, 0.6) is 0 Å². The molecule has 0 aliphatic rings. The Morgan fingerprint density at radius 1 is 1.29 bits per heavy atom. The van der Waals surface area contributed by atoms with Crippen LogP contribution in [0.4, 0.5) is 17.3 Å². The van der Waals surface area contributed by atoms with Gasteiger partial charge in [-0.2, -0.15) is 0 Å². The summed E-state index contributed by atoms with van der Waals surface area (Å²) in [5, 5.41) is 3.10. The van der Waals surface area contributed by atoms with Gasteiger partial charge in [0.25, 0.3) is 0 Å². The summed E-state index contributed by atoms with van der Waals surface area (Å²) >= 11 is 0. The minimum Gasteiger partial charge on any atom is -0.396 e. The molecule has 0 amide bonds. The highest BCUT2D eigenvalue weighted by molar-refractivity contribution is 5.54. The topological polar surface area (TPSA) is 73.1 Å². The second kappa shape index (κ2) is 5.27. The van der Waals surface area contributed by atoms with Crippen molar-refractivity contribution in [2.45, 2.75) is 6.61 Å². The number of hydrogen-bond acceptors (Lipinski definition) is 5. The molecule has 0 spiro atoms. The van der Waals surface area contributed by atoms with Crippen LogP contribution in [0.3, 0.4) is 0 Å². The van der Waals surface area contributed by atoms with E-state index in [9.17, 15) is 0 Å². The molecule has 0 saturated carbocycles. The summed E-state index contributed by atoms with van der Waals surface area (Å²) < 4.78 is 5.07. The summed E-state index contributed by atoms with van der Waals surface area (Å²) in [7, 11) is 1.67. The Kier molecular flexibility index (Phi) is 3.52. The van der Waals surface area contributed by atoms with E-state index in [1.807, 2.05) is 24.3 Å². The summed E-state index contributed by atoms with van der Waals surface area (Å²) in [6, 6.07) is 7.88. The average molecular weight is 230 g/mol. The van der Waals surface area contributed by atoms with E-state index in [4.69, 9.17) is 10.5 Å². The van der Waals surface area contributed by atoms with Crippen molar-refractivity contribution in [3.05, 3.63) is 42.2 Å². The Labute approximate surface area is 99.7 Å². The minimum absolute atomic E-state index is 0.522. The van der Waals surface area contributed by atoms with Crippen LogP contribution in [0.2, 0.25) is 0 Å². The third-order valence-corrected chi connectivity index (χ3v) is 2.17. The van der Waals surface area contributed by atoms with Crippen molar-refractivity contribution in [2.24, 2.45) is 0 Å². The van der Waals surface area contributed by atoms with E-state index in [0.717, 1.165) is 11.3 Å². The highest BCUT2D eigenvalue weighted by atomic mass is 16.5. The van der Waals surface area contributed by atoms with Crippen LogP contribution in [0.1, 0.15) is 5.56 Å². The molecule has 88 valence electrons. The molecule has 17 heavy (non-hydrogen) atoms. The van der Waals surface area contributed by atoms with E-state index in [1.54, 1.807) is 19.5 Å². The smallest absolute Gasteiger partial charge is 0.227 e. The SMILES string of the molecule is COCc1cccc(Nc2ncc(N)cn2)c1. The Hall–Kier alpha value is -2.14. The van der Waals surface area contributed by atoms with Crippen LogP contribution in [0.25, 0.3) is 0 Å². The average Bonchev–Trinajstić information content (AvgIpc) is 2.33.